The first kappa shape index (κ1) is 9.80. The molecule has 1 aromatic carbocycles. The van der Waals surface area contributed by atoms with Crippen LogP contribution in [0.2, 0.25) is 5.02 Å². The van der Waals surface area contributed by atoms with Gasteiger partial charge in [-0.15, -0.1) is 0 Å². The number of aromatic nitrogens is 2. The van der Waals surface area contributed by atoms with Gasteiger partial charge in [-0.05, 0) is 12.1 Å². The molecule has 0 bridgehead atoms. The van der Waals surface area contributed by atoms with Gasteiger partial charge in [-0.25, -0.2) is 0 Å². The topological polar surface area (TPSA) is 62.2 Å². The molecule has 1 aliphatic heterocycles. The minimum absolute atomic E-state index is 0.621. The molecule has 0 unspecified atom stereocenters. The predicted molar refractivity (Wildman–Crippen MR) is 66.4 cm³/mol. The Morgan fingerprint density at radius 3 is 3.00 bits per heavy atom. The monoisotopic (exact) mass is 253 g/mol. The van der Waals surface area contributed by atoms with Crippen molar-refractivity contribution < 1.29 is 0 Å². The van der Waals surface area contributed by atoms with Gasteiger partial charge in [-0.1, -0.05) is 11.6 Å². The summed E-state index contributed by atoms with van der Waals surface area (Å²) in [4.78, 5) is 4.26. The molecule has 2 aromatic rings. The van der Waals surface area contributed by atoms with Crippen molar-refractivity contribution in [1.82, 2.24) is 14.1 Å². The first-order valence-electron chi connectivity index (χ1n) is 4.81. The van der Waals surface area contributed by atoms with Gasteiger partial charge in [-0.3, -0.25) is 4.99 Å². The average Bonchev–Trinajstić information content (AvgIpc) is 2.92. The molecule has 0 fully saturated rings. The zero-order chi connectivity index (χ0) is 11.0. The Labute approximate surface area is 101 Å². The fourth-order valence-corrected chi connectivity index (χ4v) is 2.37. The van der Waals surface area contributed by atoms with E-state index < -0.39 is 0 Å². The zero-order valence-electron chi connectivity index (χ0n) is 8.20. The van der Waals surface area contributed by atoms with E-state index in [2.05, 4.69) is 24.4 Å². The minimum Gasteiger partial charge on any atom is -0.354 e. The van der Waals surface area contributed by atoms with E-state index in [1.807, 2.05) is 12.1 Å². The summed E-state index contributed by atoms with van der Waals surface area (Å²) in [6.07, 6.45) is 0. The molecule has 0 saturated heterocycles. The molecule has 2 N–H and O–H groups in total. The molecule has 82 valence electrons. The number of rotatable bonds is 1. The lowest BCUT2D eigenvalue weighted by Crippen LogP contribution is -2.26. The van der Waals surface area contributed by atoms with E-state index >= 15 is 0 Å². The Morgan fingerprint density at radius 1 is 1.31 bits per heavy atom. The van der Waals surface area contributed by atoms with Crippen LogP contribution in [0.5, 0.6) is 0 Å². The number of anilines is 1. The average molecular weight is 254 g/mol. The highest BCUT2D eigenvalue weighted by Gasteiger charge is 2.11. The zero-order valence-corrected chi connectivity index (χ0v) is 9.77. The second kappa shape index (κ2) is 3.88. The molecule has 0 saturated carbocycles. The number of fused-ring (bicyclic) bond motifs is 1. The summed E-state index contributed by atoms with van der Waals surface area (Å²) < 4.78 is 8.37. The van der Waals surface area contributed by atoms with Gasteiger partial charge in [0.15, 0.2) is 5.96 Å². The van der Waals surface area contributed by atoms with Gasteiger partial charge in [0.2, 0.25) is 0 Å². The molecular weight excluding hydrogens is 246 g/mol. The van der Waals surface area contributed by atoms with Crippen LogP contribution in [-0.4, -0.2) is 27.8 Å². The maximum atomic E-state index is 6.02. The molecule has 0 aliphatic carbocycles. The van der Waals surface area contributed by atoms with Crippen molar-refractivity contribution in [3.63, 3.8) is 0 Å². The summed E-state index contributed by atoms with van der Waals surface area (Å²) in [5, 5.41) is 6.94. The van der Waals surface area contributed by atoms with Gasteiger partial charge in [0.25, 0.3) is 0 Å². The van der Waals surface area contributed by atoms with Gasteiger partial charge in [-0.2, -0.15) is 8.75 Å². The molecule has 0 radical (unpaired) electrons. The van der Waals surface area contributed by atoms with E-state index in [9.17, 15) is 0 Å². The summed E-state index contributed by atoms with van der Waals surface area (Å²) in [6.45, 7) is 1.67. The Kier molecular flexibility index (Phi) is 2.37. The standard InChI is InChI=1S/C9H8ClN5S/c10-5-1-2-6(8-7(5)14-16-15-8)13-9-11-3-4-12-9/h1-2H,3-4H2,(H2,11,12,13). The molecule has 0 atom stereocenters. The Balaban J connectivity index is 2.03. The highest BCUT2D eigenvalue weighted by atomic mass is 35.5. The molecule has 16 heavy (non-hydrogen) atoms. The van der Waals surface area contributed by atoms with E-state index in [4.69, 9.17) is 11.6 Å². The first-order chi connectivity index (χ1) is 7.84. The van der Waals surface area contributed by atoms with Crippen LogP contribution in [0.3, 0.4) is 0 Å². The molecule has 0 amide bonds. The molecule has 1 aliphatic rings. The maximum Gasteiger partial charge on any atom is 0.195 e. The summed E-state index contributed by atoms with van der Waals surface area (Å²) in [5.41, 5.74) is 2.39. The predicted octanol–water partition coefficient (Wildman–Crippen LogP) is 1.72. The van der Waals surface area contributed by atoms with E-state index in [-0.39, 0.29) is 0 Å². The van der Waals surface area contributed by atoms with Crippen molar-refractivity contribution in [2.24, 2.45) is 4.99 Å². The molecule has 1 aromatic heterocycles. The van der Waals surface area contributed by atoms with Crippen molar-refractivity contribution in [2.45, 2.75) is 0 Å². The molecular formula is C9H8ClN5S. The van der Waals surface area contributed by atoms with Gasteiger partial charge in [0.1, 0.15) is 11.0 Å². The fourth-order valence-electron chi connectivity index (χ4n) is 1.55. The number of hydrogen-bond acceptors (Lipinski definition) is 6. The minimum atomic E-state index is 0.621. The second-order valence-corrected chi connectivity index (χ2v) is 4.27. The van der Waals surface area contributed by atoms with Crippen LogP contribution in [-0.2, 0) is 0 Å². The smallest absolute Gasteiger partial charge is 0.195 e. The van der Waals surface area contributed by atoms with Crippen molar-refractivity contribution in [3.8, 4) is 0 Å². The summed E-state index contributed by atoms with van der Waals surface area (Å²) >= 11 is 7.17. The largest absolute Gasteiger partial charge is 0.354 e. The van der Waals surface area contributed by atoms with Gasteiger partial charge >= 0.3 is 0 Å². The molecule has 2 heterocycles. The van der Waals surface area contributed by atoms with Crippen molar-refractivity contribution in [2.75, 3.05) is 18.4 Å². The highest BCUT2D eigenvalue weighted by Crippen LogP contribution is 2.27. The van der Waals surface area contributed by atoms with Crippen molar-refractivity contribution in [1.29, 1.82) is 0 Å². The van der Waals surface area contributed by atoms with Gasteiger partial charge in [0.05, 0.1) is 29.0 Å². The molecule has 0 spiro atoms. The lowest BCUT2D eigenvalue weighted by atomic mass is 10.2. The second-order valence-electron chi connectivity index (χ2n) is 3.34. The van der Waals surface area contributed by atoms with E-state index in [1.54, 1.807) is 0 Å². The van der Waals surface area contributed by atoms with Crippen LogP contribution in [0.25, 0.3) is 11.0 Å². The fraction of sp³-hybridized carbons (Fsp3) is 0.222. The number of aliphatic imine (C=N–C) groups is 1. The van der Waals surface area contributed by atoms with Crippen LogP contribution in [0, 0.1) is 0 Å². The van der Waals surface area contributed by atoms with Crippen LogP contribution < -0.4 is 10.6 Å². The summed E-state index contributed by atoms with van der Waals surface area (Å²) in [6, 6.07) is 3.69. The molecule has 7 heteroatoms. The Morgan fingerprint density at radius 2 is 2.19 bits per heavy atom. The third kappa shape index (κ3) is 1.60. The molecule has 5 nitrogen and oxygen atoms in total. The number of nitrogens with zero attached hydrogens (tertiary/aromatic N) is 3. The first-order valence-corrected chi connectivity index (χ1v) is 5.91. The normalized spacial score (nSPS) is 14.9. The van der Waals surface area contributed by atoms with E-state index in [0.29, 0.717) is 5.02 Å². The highest BCUT2D eigenvalue weighted by molar-refractivity contribution is 7.00. The third-order valence-corrected chi connectivity index (χ3v) is 3.13. The Hall–Kier alpha value is -1.40. The van der Waals surface area contributed by atoms with Crippen molar-refractivity contribution in [3.05, 3.63) is 17.2 Å². The number of guanidine groups is 1. The molecule has 3 rings (SSSR count). The maximum absolute atomic E-state index is 6.02. The van der Waals surface area contributed by atoms with Crippen LogP contribution >= 0.6 is 23.3 Å². The van der Waals surface area contributed by atoms with E-state index in [1.165, 1.54) is 0 Å². The summed E-state index contributed by atoms with van der Waals surface area (Å²) in [7, 11) is 0. The quantitative estimate of drug-likeness (QED) is 0.812. The third-order valence-electron chi connectivity index (χ3n) is 2.29. The van der Waals surface area contributed by atoms with E-state index in [0.717, 1.165) is 47.5 Å². The van der Waals surface area contributed by atoms with Crippen LogP contribution in [0.1, 0.15) is 0 Å². The Bertz CT molecular complexity index is 564. The number of nitrogens with one attached hydrogen (secondary N) is 2. The van der Waals surface area contributed by atoms with Gasteiger partial charge in [0, 0.05) is 6.54 Å². The van der Waals surface area contributed by atoms with Crippen molar-refractivity contribution >= 4 is 46.0 Å². The van der Waals surface area contributed by atoms with Crippen LogP contribution in [0.15, 0.2) is 17.1 Å². The SMILES string of the molecule is Clc1ccc(NC2=NCCN2)c2nsnc12. The number of halogens is 1. The summed E-state index contributed by atoms with van der Waals surface area (Å²) in [5.74, 6) is 0.775. The van der Waals surface area contributed by atoms with Gasteiger partial charge < -0.3 is 10.6 Å². The lowest BCUT2D eigenvalue weighted by Gasteiger charge is -2.06. The lowest BCUT2D eigenvalue weighted by molar-refractivity contribution is 0.959. The number of hydrogen-bond donors (Lipinski definition) is 2. The number of benzene rings is 1. The van der Waals surface area contributed by atoms with Crippen LogP contribution in [0.4, 0.5) is 5.69 Å².